The molecule has 1 unspecified atom stereocenters. The number of carbonyl (C=O) groups is 1. The summed E-state index contributed by atoms with van der Waals surface area (Å²) in [7, 11) is 0. The lowest BCUT2D eigenvalue weighted by molar-refractivity contribution is -0.119. The molecule has 0 bridgehead atoms. The fraction of sp³-hybridized carbons (Fsp3) is 0.636. The van der Waals surface area contributed by atoms with Gasteiger partial charge < -0.3 is 20.7 Å². The first-order valence-corrected chi connectivity index (χ1v) is 10.6. The molecular formula is C22H36N4O2. The third-order valence-corrected chi connectivity index (χ3v) is 4.83. The van der Waals surface area contributed by atoms with Crippen molar-refractivity contribution in [1.82, 2.24) is 10.6 Å². The summed E-state index contributed by atoms with van der Waals surface area (Å²) in [6, 6.07) is 7.88. The molecule has 0 aliphatic heterocycles. The lowest BCUT2D eigenvalue weighted by Gasteiger charge is -2.12. The minimum absolute atomic E-state index is 0.0134. The van der Waals surface area contributed by atoms with E-state index in [0.717, 1.165) is 62.3 Å². The zero-order chi connectivity index (χ0) is 20.2. The highest BCUT2D eigenvalue weighted by molar-refractivity contribution is 5.92. The standard InChI is InChI=1S/C22H36N4O2/c1-4-17(3)21(27)26-20-9-6-8-19(14-20)15-25-22(23-5-2)24-12-7-13-28-16-18-10-11-18/h6,8-9,14,17-18H,4-5,7,10-13,15-16H2,1-3H3,(H,26,27)(H2,23,24,25). The van der Waals surface area contributed by atoms with Gasteiger partial charge >= 0.3 is 0 Å². The number of nitrogens with one attached hydrogen (secondary N) is 3. The Morgan fingerprint density at radius 1 is 1.29 bits per heavy atom. The van der Waals surface area contributed by atoms with Crippen LogP contribution in [0.5, 0.6) is 0 Å². The van der Waals surface area contributed by atoms with Crippen molar-refractivity contribution in [3.63, 3.8) is 0 Å². The highest BCUT2D eigenvalue weighted by atomic mass is 16.5. The van der Waals surface area contributed by atoms with Crippen molar-refractivity contribution in [2.75, 3.05) is 31.6 Å². The van der Waals surface area contributed by atoms with E-state index in [0.29, 0.717) is 6.54 Å². The van der Waals surface area contributed by atoms with Gasteiger partial charge in [0.05, 0.1) is 6.54 Å². The van der Waals surface area contributed by atoms with Crippen LogP contribution in [0.2, 0.25) is 0 Å². The molecule has 1 aliphatic rings. The zero-order valence-corrected chi connectivity index (χ0v) is 17.6. The van der Waals surface area contributed by atoms with Crippen LogP contribution in [0.25, 0.3) is 0 Å². The summed E-state index contributed by atoms with van der Waals surface area (Å²) in [6.45, 7) is 9.93. The fourth-order valence-corrected chi connectivity index (χ4v) is 2.63. The van der Waals surface area contributed by atoms with E-state index in [4.69, 9.17) is 4.74 Å². The average molecular weight is 389 g/mol. The first kappa shape index (κ1) is 22.2. The first-order chi connectivity index (χ1) is 13.6. The molecule has 2 rings (SSSR count). The van der Waals surface area contributed by atoms with Gasteiger partial charge in [-0.25, -0.2) is 4.99 Å². The average Bonchev–Trinajstić information content (AvgIpc) is 3.52. The van der Waals surface area contributed by atoms with Crippen LogP contribution in [0.3, 0.4) is 0 Å². The number of benzene rings is 1. The van der Waals surface area contributed by atoms with Gasteiger partial charge in [0.15, 0.2) is 5.96 Å². The molecule has 156 valence electrons. The second-order valence-electron chi connectivity index (χ2n) is 7.49. The number of nitrogens with zero attached hydrogens (tertiary/aromatic N) is 1. The molecular weight excluding hydrogens is 352 g/mol. The summed E-state index contributed by atoms with van der Waals surface area (Å²) in [4.78, 5) is 16.7. The number of amides is 1. The summed E-state index contributed by atoms with van der Waals surface area (Å²) < 4.78 is 5.66. The molecule has 6 heteroatoms. The topological polar surface area (TPSA) is 74.8 Å². The Morgan fingerprint density at radius 3 is 2.82 bits per heavy atom. The van der Waals surface area contributed by atoms with E-state index < -0.39 is 0 Å². The van der Waals surface area contributed by atoms with Gasteiger partial charge in [0, 0.05) is 37.9 Å². The van der Waals surface area contributed by atoms with E-state index in [1.165, 1.54) is 12.8 Å². The normalized spacial score (nSPS) is 15.2. The van der Waals surface area contributed by atoms with Gasteiger partial charge in [-0.3, -0.25) is 4.79 Å². The van der Waals surface area contributed by atoms with Gasteiger partial charge in [-0.2, -0.15) is 0 Å². The number of aliphatic imine (C=N–C) groups is 1. The van der Waals surface area contributed by atoms with Gasteiger partial charge in [-0.15, -0.1) is 0 Å². The minimum Gasteiger partial charge on any atom is -0.381 e. The van der Waals surface area contributed by atoms with Crippen LogP contribution in [-0.4, -0.2) is 38.2 Å². The number of guanidine groups is 1. The molecule has 6 nitrogen and oxygen atoms in total. The van der Waals surface area contributed by atoms with Crippen LogP contribution in [0.4, 0.5) is 5.69 Å². The number of carbonyl (C=O) groups excluding carboxylic acids is 1. The highest BCUT2D eigenvalue weighted by Crippen LogP contribution is 2.28. The minimum atomic E-state index is 0.0134. The number of hydrogen-bond donors (Lipinski definition) is 3. The monoisotopic (exact) mass is 388 g/mol. The summed E-state index contributed by atoms with van der Waals surface area (Å²) in [5, 5.41) is 9.60. The van der Waals surface area contributed by atoms with E-state index in [9.17, 15) is 4.79 Å². The van der Waals surface area contributed by atoms with Crippen LogP contribution in [-0.2, 0) is 16.1 Å². The Labute approximate surface area is 169 Å². The summed E-state index contributed by atoms with van der Waals surface area (Å²) in [6.07, 6.45) is 4.46. The van der Waals surface area contributed by atoms with Crippen molar-refractivity contribution in [3.05, 3.63) is 29.8 Å². The molecule has 1 fully saturated rings. The maximum Gasteiger partial charge on any atom is 0.227 e. The van der Waals surface area contributed by atoms with Gasteiger partial charge in [0.2, 0.25) is 5.91 Å². The Morgan fingerprint density at radius 2 is 2.11 bits per heavy atom. The lowest BCUT2D eigenvalue weighted by Crippen LogP contribution is -2.38. The first-order valence-electron chi connectivity index (χ1n) is 10.6. The van der Waals surface area contributed by atoms with Gasteiger partial charge in [0.1, 0.15) is 0 Å². The summed E-state index contributed by atoms with van der Waals surface area (Å²) in [5.41, 5.74) is 1.88. The number of hydrogen-bond acceptors (Lipinski definition) is 3. The second-order valence-corrected chi connectivity index (χ2v) is 7.49. The third-order valence-electron chi connectivity index (χ3n) is 4.83. The Balaban J connectivity index is 1.78. The van der Waals surface area contributed by atoms with Gasteiger partial charge in [-0.1, -0.05) is 26.0 Å². The van der Waals surface area contributed by atoms with E-state index in [2.05, 4.69) is 27.9 Å². The Hall–Kier alpha value is -2.08. The van der Waals surface area contributed by atoms with Crippen LogP contribution in [0.1, 0.15) is 52.0 Å². The molecule has 0 radical (unpaired) electrons. The van der Waals surface area contributed by atoms with Crippen LogP contribution in [0, 0.1) is 11.8 Å². The predicted molar refractivity (Wildman–Crippen MR) is 116 cm³/mol. The Kier molecular flexibility index (Phi) is 9.83. The fourth-order valence-electron chi connectivity index (χ4n) is 2.63. The molecule has 1 aromatic carbocycles. The van der Waals surface area contributed by atoms with E-state index >= 15 is 0 Å². The van der Waals surface area contributed by atoms with Crippen molar-refractivity contribution in [2.45, 2.75) is 53.0 Å². The SMILES string of the molecule is CCNC(=NCc1cccc(NC(=O)C(C)CC)c1)NCCCOCC1CC1. The molecule has 3 N–H and O–H groups in total. The highest BCUT2D eigenvalue weighted by Gasteiger charge is 2.20. The number of ether oxygens (including phenoxy) is 1. The maximum atomic E-state index is 12.1. The molecule has 1 saturated carbocycles. The van der Waals surface area contributed by atoms with E-state index in [1.54, 1.807) is 0 Å². The number of rotatable bonds is 12. The van der Waals surface area contributed by atoms with E-state index in [1.807, 2.05) is 38.1 Å². The van der Waals surface area contributed by atoms with Crippen molar-refractivity contribution >= 4 is 17.6 Å². The molecule has 0 spiro atoms. The summed E-state index contributed by atoms with van der Waals surface area (Å²) >= 11 is 0. The molecule has 0 aromatic heterocycles. The molecule has 1 amide bonds. The van der Waals surface area contributed by atoms with Crippen LogP contribution >= 0.6 is 0 Å². The molecule has 1 aliphatic carbocycles. The predicted octanol–water partition coefficient (Wildman–Crippen LogP) is 3.54. The zero-order valence-electron chi connectivity index (χ0n) is 17.6. The summed E-state index contributed by atoms with van der Waals surface area (Å²) in [5.74, 6) is 1.69. The van der Waals surface area contributed by atoms with Crippen LogP contribution in [0.15, 0.2) is 29.3 Å². The third kappa shape index (κ3) is 8.74. The van der Waals surface area contributed by atoms with Crippen molar-refractivity contribution < 1.29 is 9.53 Å². The van der Waals surface area contributed by atoms with Gasteiger partial charge in [0.25, 0.3) is 0 Å². The molecule has 0 saturated heterocycles. The number of anilines is 1. The van der Waals surface area contributed by atoms with Crippen molar-refractivity contribution in [3.8, 4) is 0 Å². The van der Waals surface area contributed by atoms with Crippen molar-refractivity contribution in [2.24, 2.45) is 16.8 Å². The largest absolute Gasteiger partial charge is 0.381 e. The van der Waals surface area contributed by atoms with Crippen LogP contribution < -0.4 is 16.0 Å². The van der Waals surface area contributed by atoms with E-state index in [-0.39, 0.29) is 11.8 Å². The smallest absolute Gasteiger partial charge is 0.227 e. The molecule has 1 aromatic rings. The lowest BCUT2D eigenvalue weighted by atomic mass is 10.1. The van der Waals surface area contributed by atoms with Crippen molar-refractivity contribution in [1.29, 1.82) is 0 Å². The molecule has 0 heterocycles. The van der Waals surface area contributed by atoms with Gasteiger partial charge in [-0.05, 0) is 56.2 Å². The quantitative estimate of drug-likeness (QED) is 0.291. The molecule has 1 atom stereocenters. The molecule has 28 heavy (non-hydrogen) atoms. The maximum absolute atomic E-state index is 12.1. The Bertz CT molecular complexity index is 629. The second kappa shape index (κ2) is 12.4.